The van der Waals surface area contributed by atoms with Crippen LogP contribution in [0.25, 0.3) is 106 Å². The van der Waals surface area contributed by atoms with Crippen molar-refractivity contribution >= 4 is 43.7 Å². The molecule has 278 valence electrons. The van der Waals surface area contributed by atoms with E-state index in [1.54, 1.807) is 0 Å². The van der Waals surface area contributed by atoms with Gasteiger partial charge in [0.25, 0.3) is 0 Å². The smallest absolute Gasteiger partial charge is 0.238 e. The van der Waals surface area contributed by atoms with Gasteiger partial charge in [-0.25, -0.2) is 4.98 Å². The zero-order valence-corrected chi connectivity index (χ0v) is 32.5. The van der Waals surface area contributed by atoms with E-state index in [2.05, 4.69) is 164 Å². The fraction of sp³-hybridized carbons (Fsp3) is 0.0556. The lowest BCUT2D eigenvalue weighted by Gasteiger charge is -2.21. The topological polar surface area (TPSA) is 56.7 Å². The van der Waals surface area contributed by atoms with Gasteiger partial charge in [-0.2, -0.15) is 9.97 Å². The highest BCUT2D eigenvalue weighted by atomic mass is 16.3. The molecule has 3 heterocycles. The Labute approximate surface area is 340 Å². The maximum absolute atomic E-state index is 6.65. The molecule has 0 radical (unpaired) electrons. The number of hydrogen-bond acceptors (Lipinski definition) is 4. The lowest BCUT2D eigenvalue weighted by Crippen LogP contribution is -2.14. The minimum Gasteiger partial charge on any atom is -0.456 e. The van der Waals surface area contributed by atoms with Gasteiger partial charge >= 0.3 is 0 Å². The summed E-state index contributed by atoms with van der Waals surface area (Å²) in [5, 5.41) is 4.52. The Morgan fingerprint density at radius 2 is 0.966 bits per heavy atom. The molecule has 59 heavy (non-hydrogen) atoms. The number of hydrogen-bond donors (Lipinski definition) is 0. The van der Waals surface area contributed by atoms with Gasteiger partial charge in [-0.1, -0.05) is 153 Å². The van der Waals surface area contributed by atoms with Crippen molar-refractivity contribution in [1.29, 1.82) is 0 Å². The van der Waals surface area contributed by atoms with Crippen LogP contribution in [0.5, 0.6) is 0 Å². The van der Waals surface area contributed by atoms with E-state index >= 15 is 0 Å². The Morgan fingerprint density at radius 3 is 1.76 bits per heavy atom. The summed E-state index contributed by atoms with van der Waals surface area (Å²) in [5.74, 6) is 1.81. The van der Waals surface area contributed by atoms with E-state index in [4.69, 9.17) is 19.4 Å². The highest BCUT2D eigenvalue weighted by Gasteiger charge is 2.36. The summed E-state index contributed by atoms with van der Waals surface area (Å²) in [6.45, 7) is 4.62. The second-order valence-corrected chi connectivity index (χ2v) is 16.1. The van der Waals surface area contributed by atoms with Crippen LogP contribution in [0.15, 0.2) is 186 Å². The van der Waals surface area contributed by atoms with Gasteiger partial charge in [0.05, 0.1) is 11.0 Å². The van der Waals surface area contributed by atoms with E-state index < -0.39 is 0 Å². The van der Waals surface area contributed by atoms with Crippen molar-refractivity contribution in [2.24, 2.45) is 0 Å². The number of rotatable bonds is 5. The van der Waals surface area contributed by atoms with E-state index in [0.29, 0.717) is 17.6 Å². The van der Waals surface area contributed by atoms with Gasteiger partial charge in [-0.3, -0.25) is 4.57 Å². The van der Waals surface area contributed by atoms with Gasteiger partial charge in [-0.05, 0) is 87.0 Å². The summed E-state index contributed by atoms with van der Waals surface area (Å²) >= 11 is 0. The first kappa shape index (κ1) is 33.5. The number of fused-ring (bicyclic) bond motifs is 9. The molecule has 5 nitrogen and oxygen atoms in total. The maximum Gasteiger partial charge on any atom is 0.238 e. The van der Waals surface area contributed by atoms with Crippen LogP contribution in [-0.2, 0) is 5.41 Å². The van der Waals surface area contributed by atoms with E-state index in [-0.39, 0.29) is 5.41 Å². The fourth-order valence-corrected chi connectivity index (χ4v) is 9.27. The van der Waals surface area contributed by atoms with Gasteiger partial charge in [0, 0.05) is 38.1 Å². The molecule has 1 aliphatic carbocycles. The van der Waals surface area contributed by atoms with Gasteiger partial charge in [0.1, 0.15) is 11.2 Å². The van der Waals surface area contributed by atoms with Gasteiger partial charge in [0.15, 0.2) is 11.6 Å². The number of nitrogens with zero attached hydrogens (tertiary/aromatic N) is 4. The molecule has 0 aliphatic heterocycles. The molecule has 0 fully saturated rings. The number of aromatic nitrogens is 4. The average Bonchev–Trinajstić information content (AvgIpc) is 3.90. The van der Waals surface area contributed by atoms with Crippen molar-refractivity contribution in [3.8, 4) is 62.1 Å². The van der Waals surface area contributed by atoms with Crippen molar-refractivity contribution in [2.75, 3.05) is 0 Å². The third kappa shape index (κ3) is 5.21. The standard InChI is InChI=1S/C54H36N4O/c1-54(2)45-19-11-9-17-39(45)42-31-44-41-27-25-38(30-49(41)59-50(44)32-46(42)54)37-26-28-48-43(29-37)40-18-10-12-20-47(40)58(48)53-56-51(35-15-7-4-8-16-35)55-52(57-53)36-23-21-34(22-24-36)33-13-5-3-6-14-33/h3-32H,1-2H3. The Balaban J connectivity index is 0.985. The Morgan fingerprint density at radius 1 is 0.390 bits per heavy atom. The number of benzene rings is 8. The van der Waals surface area contributed by atoms with Crippen molar-refractivity contribution < 1.29 is 4.42 Å². The molecule has 0 amide bonds. The van der Waals surface area contributed by atoms with Crippen LogP contribution < -0.4 is 0 Å². The first-order valence-electron chi connectivity index (χ1n) is 20.1. The Bertz CT molecular complexity index is 3450. The van der Waals surface area contributed by atoms with Crippen LogP contribution in [0.1, 0.15) is 25.0 Å². The fourth-order valence-electron chi connectivity index (χ4n) is 9.27. The molecule has 0 saturated carbocycles. The largest absolute Gasteiger partial charge is 0.456 e. The zero-order valence-electron chi connectivity index (χ0n) is 32.5. The highest BCUT2D eigenvalue weighted by molar-refractivity contribution is 6.11. The van der Waals surface area contributed by atoms with Crippen molar-refractivity contribution in [1.82, 2.24) is 19.5 Å². The van der Waals surface area contributed by atoms with Crippen LogP contribution in [0.4, 0.5) is 0 Å². The van der Waals surface area contributed by atoms with Gasteiger partial charge in [-0.15, -0.1) is 0 Å². The number of para-hydroxylation sites is 1. The monoisotopic (exact) mass is 756 g/mol. The minimum atomic E-state index is -0.0844. The molecule has 0 bridgehead atoms. The Hall–Kier alpha value is -7.63. The predicted molar refractivity (Wildman–Crippen MR) is 241 cm³/mol. The predicted octanol–water partition coefficient (Wildman–Crippen LogP) is 13.8. The van der Waals surface area contributed by atoms with E-state index in [0.717, 1.165) is 71.6 Å². The first-order valence-corrected chi connectivity index (χ1v) is 20.1. The number of furan rings is 1. The van der Waals surface area contributed by atoms with Crippen LogP contribution in [0.2, 0.25) is 0 Å². The van der Waals surface area contributed by atoms with Gasteiger partial charge in [0.2, 0.25) is 5.95 Å². The summed E-state index contributed by atoms with van der Waals surface area (Å²) in [6.07, 6.45) is 0. The normalized spacial score (nSPS) is 13.1. The second-order valence-electron chi connectivity index (χ2n) is 16.1. The first-order chi connectivity index (χ1) is 29.0. The van der Waals surface area contributed by atoms with E-state index in [1.807, 2.05) is 36.4 Å². The molecule has 0 saturated heterocycles. The molecule has 0 spiro atoms. The van der Waals surface area contributed by atoms with Crippen LogP contribution in [0, 0.1) is 0 Å². The second kappa shape index (κ2) is 12.7. The van der Waals surface area contributed by atoms with Crippen LogP contribution in [0.3, 0.4) is 0 Å². The summed E-state index contributed by atoms with van der Waals surface area (Å²) < 4.78 is 8.82. The lowest BCUT2D eigenvalue weighted by molar-refractivity contribution is 0.647. The van der Waals surface area contributed by atoms with Crippen molar-refractivity contribution in [3.05, 3.63) is 193 Å². The third-order valence-corrected chi connectivity index (χ3v) is 12.3. The molecule has 11 aromatic rings. The lowest BCUT2D eigenvalue weighted by atomic mass is 9.82. The van der Waals surface area contributed by atoms with Crippen LogP contribution >= 0.6 is 0 Å². The maximum atomic E-state index is 6.65. The van der Waals surface area contributed by atoms with Crippen molar-refractivity contribution in [2.45, 2.75) is 19.3 Å². The van der Waals surface area contributed by atoms with Crippen molar-refractivity contribution in [3.63, 3.8) is 0 Å². The molecular weight excluding hydrogens is 721 g/mol. The summed E-state index contributed by atoms with van der Waals surface area (Å²) in [5.41, 5.74) is 15.4. The van der Waals surface area contributed by atoms with E-state index in [9.17, 15) is 0 Å². The minimum absolute atomic E-state index is 0.0844. The summed E-state index contributed by atoms with van der Waals surface area (Å²) in [7, 11) is 0. The molecular formula is C54H36N4O. The Kier molecular flexibility index (Phi) is 7.20. The molecule has 1 aliphatic rings. The van der Waals surface area contributed by atoms with Crippen LogP contribution in [-0.4, -0.2) is 19.5 Å². The molecule has 12 rings (SSSR count). The molecule has 3 aromatic heterocycles. The van der Waals surface area contributed by atoms with E-state index in [1.165, 1.54) is 27.8 Å². The molecule has 0 unspecified atom stereocenters. The molecule has 8 aromatic carbocycles. The molecule has 0 N–H and O–H groups in total. The molecule has 5 heteroatoms. The zero-order chi connectivity index (χ0) is 39.2. The summed E-state index contributed by atoms with van der Waals surface area (Å²) in [6, 6.07) is 64.2. The molecule has 0 atom stereocenters. The van der Waals surface area contributed by atoms with Gasteiger partial charge < -0.3 is 4.42 Å². The SMILES string of the molecule is CC1(C)c2ccccc2-c2cc3c(cc21)oc1cc(-c2ccc4c(c2)c2ccccc2n4-c2nc(-c4ccccc4)nc(-c4ccc(-c5ccccc5)cc4)n2)ccc13. The quantitative estimate of drug-likeness (QED) is 0.175. The average molecular weight is 757 g/mol. The summed E-state index contributed by atoms with van der Waals surface area (Å²) in [4.78, 5) is 15.4. The third-order valence-electron chi connectivity index (χ3n) is 12.3. The highest BCUT2D eigenvalue weighted by Crippen LogP contribution is 2.51.